The van der Waals surface area contributed by atoms with Crippen LogP contribution < -0.4 is 10.6 Å². The first-order chi connectivity index (χ1) is 9.29. The molecule has 0 aromatic heterocycles. The number of carbonyl (C=O) groups excluding carboxylic acids is 1. The van der Waals surface area contributed by atoms with Crippen molar-refractivity contribution in [1.29, 1.82) is 0 Å². The number of hydrogen-bond acceptors (Lipinski definition) is 3. The summed E-state index contributed by atoms with van der Waals surface area (Å²) in [6.07, 6.45) is 2.26. The maximum absolute atomic E-state index is 12.0. The van der Waals surface area contributed by atoms with Crippen molar-refractivity contribution in [3.8, 4) is 0 Å². The summed E-state index contributed by atoms with van der Waals surface area (Å²) >= 11 is 0. The predicted molar refractivity (Wildman–Crippen MR) is 75.4 cm³/mol. The minimum atomic E-state index is -0.0304. The maximum atomic E-state index is 12.0. The third kappa shape index (κ3) is 4.33. The van der Waals surface area contributed by atoms with Crippen molar-refractivity contribution in [1.82, 2.24) is 10.6 Å². The zero-order valence-electron chi connectivity index (χ0n) is 11.4. The Morgan fingerprint density at radius 3 is 2.84 bits per heavy atom. The van der Waals surface area contributed by atoms with Gasteiger partial charge >= 0.3 is 0 Å². The van der Waals surface area contributed by atoms with E-state index in [1.54, 1.807) is 0 Å². The van der Waals surface area contributed by atoms with Crippen LogP contribution in [-0.2, 0) is 11.2 Å². The third-order valence-electron chi connectivity index (χ3n) is 3.25. The van der Waals surface area contributed by atoms with Gasteiger partial charge in [-0.3, -0.25) is 4.79 Å². The molecule has 1 aliphatic heterocycles. The molecule has 0 radical (unpaired) electrons. The molecule has 2 rings (SSSR count). The third-order valence-corrected chi connectivity index (χ3v) is 3.25. The van der Waals surface area contributed by atoms with Crippen LogP contribution in [0.15, 0.2) is 24.3 Å². The highest BCUT2D eigenvalue weighted by atomic mass is 16.5. The van der Waals surface area contributed by atoms with Gasteiger partial charge < -0.3 is 15.4 Å². The molecular weight excluding hydrogens is 240 g/mol. The van der Waals surface area contributed by atoms with Crippen LogP contribution in [0.25, 0.3) is 0 Å². The summed E-state index contributed by atoms with van der Waals surface area (Å²) in [4.78, 5) is 12.0. The molecule has 1 heterocycles. The minimum absolute atomic E-state index is 0.0304. The number of ether oxygens (including phenoxy) is 1. The second-order valence-electron chi connectivity index (χ2n) is 4.85. The van der Waals surface area contributed by atoms with E-state index in [1.165, 1.54) is 5.56 Å². The Balaban J connectivity index is 1.81. The van der Waals surface area contributed by atoms with Crippen LogP contribution in [0.5, 0.6) is 0 Å². The van der Waals surface area contributed by atoms with Gasteiger partial charge in [0.1, 0.15) is 0 Å². The second kappa shape index (κ2) is 7.26. The standard InChI is InChI=1S/C15H22N2O2/c1-2-3-12-4-6-13(7-5-12)15(18)17-11-14-10-16-8-9-19-14/h4-7,14,16H,2-3,8-11H2,1H3,(H,17,18). The van der Waals surface area contributed by atoms with Crippen LogP contribution in [0.4, 0.5) is 0 Å². The Kier molecular flexibility index (Phi) is 5.36. The van der Waals surface area contributed by atoms with Crippen molar-refractivity contribution in [3.05, 3.63) is 35.4 Å². The van der Waals surface area contributed by atoms with Crippen LogP contribution in [0.2, 0.25) is 0 Å². The Labute approximate surface area is 114 Å². The summed E-state index contributed by atoms with van der Waals surface area (Å²) in [5, 5.41) is 6.16. The van der Waals surface area contributed by atoms with Gasteiger partial charge in [0.25, 0.3) is 5.91 Å². The van der Waals surface area contributed by atoms with Crippen LogP contribution in [0.3, 0.4) is 0 Å². The molecule has 4 heteroatoms. The van der Waals surface area contributed by atoms with Crippen LogP contribution in [-0.4, -0.2) is 38.3 Å². The molecule has 0 saturated carbocycles. The topological polar surface area (TPSA) is 50.4 Å². The molecule has 0 aliphatic carbocycles. The highest BCUT2D eigenvalue weighted by Crippen LogP contribution is 2.06. The largest absolute Gasteiger partial charge is 0.374 e. The van der Waals surface area contributed by atoms with Gasteiger partial charge in [0.15, 0.2) is 0 Å². The molecule has 1 amide bonds. The summed E-state index contributed by atoms with van der Waals surface area (Å²) in [6.45, 7) is 5.12. The average Bonchev–Trinajstić information content (AvgIpc) is 2.47. The van der Waals surface area contributed by atoms with Gasteiger partial charge in [-0.1, -0.05) is 25.5 Å². The molecule has 0 spiro atoms. The van der Waals surface area contributed by atoms with E-state index in [2.05, 4.69) is 17.6 Å². The number of morpholine rings is 1. The quantitative estimate of drug-likeness (QED) is 0.842. The maximum Gasteiger partial charge on any atom is 0.251 e. The van der Waals surface area contributed by atoms with E-state index in [0.29, 0.717) is 18.7 Å². The molecule has 2 N–H and O–H groups in total. The van der Waals surface area contributed by atoms with Crippen LogP contribution in [0.1, 0.15) is 29.3 Å². The van der Waals surface area contributed by atoms with E-state index in [9.17, 15) is 4.79 Å². The lowest BCUT2D eigenvalue weighted by atomic mass is 10.1. The number of rotatable bonds is 5. The lowest BCUT2D eigenvalue weighted by molar-refractivity contribution is 0.0287. The molecule has 1 atom stereocenters. The molecule has 1 aliphatic rings. The smallest absolute Gasteiger partial charge is 0.251 e. The van der Waals surface area contributed by atoms with Crippen LogP contribution >= 0.6 is 0 Å². The Morgan fingerprint density at radius 1 is 1.42 bits per heavy atom. The van der Waals surface area contributed by atoms with Gasteiger partial charge in [0, 0.05) is 25.2 Å². The van der Waals surface area contributed by atoms with Gasteiger partial charge in [-0.2, -0.15) is 0 Å². The fraction of sp³-hybridized carbons (Fsp3) is 0.533. The highest BCUT2D eigenvalue weighted by molar-refractivity contribution is 5.94. The first-order valence-electron chi connectivity index (χ1n) is 6.99. The van der Waals surface area contributed by atoms with Crippen molar-refractivity contribution in [2.45, 2.75) is 25.9 Å². The van der Waals surface area contributed by atoms with Crippen molar-refractivity contribution in [2.75, 3.05) is 26.2 Å². The van der Waals surface area contributed by atoms with E-state index in [1.807, 2.05) is 24.3 Å². The zero-order chi connectivity index (χ0) is 13.5. The Bertz CT molecular complexity index is 397. The van der Waals surface area contributed by atoms with E-state index in [-0.39, 0.29) is 12.0 Å². The molecule has 4 nitrogen and oxygen atoms in total. The van der Waals surface area contributed by atoms with E-state index in [0.717, 1.165) is 25.9 Å². The zero-order valence-corrected chi connectivity index (χ0v) is 11.4. The first kappa shape index (κ1) is 14.0. The summed E-state index contributed by atoms with van der Waals surface area (Å²) in [6, 6.07) is 7.83. The number of hydrogen-bond donors (Lipinski definition) is 2. The number of nitrogens with one attached hydrogen (secondary N) is 2. The Morgan fingerprint density at radius 2 is 2.21 bits per heavy atom. The summed E-state index contributed by atoms with van der Waals surface area (Å²) in [5.74, 6) is -0.0304. The second-order valence-corrected chi connectivity index (χ2v) is 4.85. The number of carbonyl (C=O) groups is 1. The molecule has 104 valence electrons. The van der Waals surface area contributed by atoms with Gasteiger partial charge in [0.05, 0.1) is 12.7 Å². The van der Waals surface area contributed by atoms with Crippen molar-refractivity contribution in [2.24, 2.45) is 0 Å². The molecule has 1 unspecified atom stereocenters. The number of benzene rings is 1. The Hall–Kier alpha value is -1.39. The highest BCUT2D eigenvalue weighted by Gasteiger charge is 2.14. The molecule has 1 aromatic rings. The first-order valence-corrected chi connectivity index (χ1v) is 6.99. The van der Waals surface area contributed by atoms with Gasteiger partial charge in [-0.15, -0.1) is 0 Å². The number of aryl methyl sites for hydroxylation is 1. The van der Waals surface area contributed by atoms with E-state index in [4.69, 9.17) is 4.74 Å². The van der Waals surface area contributed by atoms with Crippen molar-refractivity contribution < 1.29 is 9.53 Å². The number of amides is 1. The van der Waals surface area contributed by atoms with E-state index >= 15 is 0 Å². The summed E-state index contributed by atoms with van der Waals surface area (Å²) in [5.41, 5.74) is 1.99. The minimum Gasteiger partial charge on any atom is -0.374 e. The SMILES string of the molecule is CCCc1ccc(C(=O)NCC2CNCCO2)cc1. The fourth-order valence-corrected chi connectivity index (χ4v) is 2.17. The lowest BCUT2D eigenvalue weighted by Crippen LogP contribution is -2.45. The monoisotopic (exact) mass is 262 g/mol. The lowest BCUT2D eigenvalue weighted by Gasteiger charge is -2.23. The van der Waals surface area contributed by atoms with Gasteiger partial charge in [-0.05, 0) is 24.1 Å². The molecule has 1 saturated heterocycles. The van der Waals surface area contributed by atoms with Gasteiger partial charge in [-0.25, -0.2) is 0 Å². The average molecular weight is 262 g/mol. The normalized spacial score (nSPS) is 19.1. The predicted octanol–water partition coefficient (Wildman–Crippen LogP) is 1.36. The fourth-order valence-electron chi connectivity index (χ4n) is 2.17. The van der Waals surface area contributed by atoms with Crippen molar-refractivity contribution >= 4 is 5.91 Å². The molecule has 1 fully saturated rings. The van der Waals surface area contributed by atoms with Gasteiger partial charge in [0.2, 0.25) is 0 Å². The van der Waals surface area contributed by atoms with Crippen LogP contribution in [0, 0.1) is 0 Å². The van der Waals surface area contributed by atoms with E-state index < -0.39 is 0 Å². The molecular formula is C15H22N2O2. The van der Waals surface area contributed by atoms with Crippen molar-refractivity contribution in [3.63, 3.8) is 0 Å². The molecule has 1 aromatic carbocycles. The molecule has 19 heavy (non-hydrogen) atoms. The molecule has 0 bridgehead atoms. The summed E-state index contributed by atoms with van der Waals surface area (Å²) < 4.78 is 5.54. The summed E-state index contributed by atoms with van der Waals surface area (Å²) in [7, 11) is 0.